The van der Waals surface area contributed by atoms with Gasteiger partial charge in [-0.25, -0.2) is 0 Å². The normalized spacial score (nSPS) is 18.2. The molecule has 0 saturated carbocycles. The summed E-state index contributed by atoms with van der Waals surface area (Å²) in [5, 5.41) is 3.26. The Hall–Kier alpha value is -0.120. The third-order valence-corrected chi connectivity index (χ3v) is 2.32. The van der Waals surface area contributed by atoms with E-state index in [9.17, 15) is 0 Å². The van der Waals surface area contributed by atoms with Crippen molar-refractivity contribution in [3.63, 3.8) is 0 Å². The molecule has 3 nitrogen and oxygen atoms in total. The van der Waals surface area contributed by atoms with Gasteiger partial charge in [-0.2, -0.15) is 0 Å². The van der Waals surface area contributed by atoms with Gasteiger partial charge in [0.25, 0.3) is 0 Å². The topological polar surface area (TPSA) is 24.5 Å². The van der Waals surface area contributed by atoms with Gasteiger partial charge in [-0.3, -0.25) is 4.90 Å². The predicted molar refractivity (Wildman–Crippen MR) is 50.4 cm³/mol. The van der Waals surface area contributed by atoms with Crippen LogP contribution in [0, 0.1) is 0 Å². The minimum Gasteiger partial charge on any atom is -0.380 e. The highest BCUT2D eigenvalue weighted by molar-refractivity contribution is 4.82. The van der Waals surface area contributed by atoms with Gasteiger partial charge in [-0.15, -0.1) is 0 Å². The maximum atomic E-state index is 5.41. The molecule has 1 aliphatic heterocycles. The van der Waals surface area contributed by atoms with E-state index in [1.807, 2.05) is 0 Å². The highest BCUT2D eigenvalue weighted by Crippen LogP contribution is 2.00. The van der Waals surface area contributed by atoms with Gasteiger partial charge >= 0.3 is 0 Å². The molecule has 0 radical (unpaired) electrons. The van der Waals surface area contributed by atoms with Gasteiger partial charge in [0, 0.05) is 32.3 Å². The SMILES string of the molecule is CCCOCCN(C)C1CNC1. The van der Waals surface area contributed by atoms with E-state index in [2.05, 4.69) is 24.2 Å². The van der Waals surface area contributed by atoms with Gasteiger partial charge in [0.2, 0.25) is 0 Å². The summed E-state index contributed by atoms with van der Waals surface area (Å²) in [4.78, 5) is 2.37. The maximum absolute atomic E-state index is 5.41. The Morgan fingerprint density at radius 2 is 2.17 bits per heavy atom. The molecule has 72 valence electrons. The summed E-state index contributed by atoms with van der Waals surface area (Å²) in [6, 6.07) is 0.746. The second-order valence-corrected chi connectivity index (χ2v) is 3.41. The molecule has 1 saturated heterocycles. The first-order chi connectivity index (χ1) is 5.84. The highest BCUT2D eigenvalue weighted by Gasteiger charge is 2.20. The zero-order chi connectivity index (χ0) is 8.81. The van der Waals surface area contributed by atoms with E-state index in [-0.39, 0.29) is 0 Å². The summed E-state index contributed by atoms with van der Waals surface area (Å²) in [6.07, 6.45) is 1.12. The van der Waals surface area contributed by atoms with Crippen molar-refractivity contribution in [3.05, 3.63) is 0 Å². The molecule has 0 bridgehead atoms. The van der Waals surface area contributed by atoms with Crippen LogP contribution in [0.2, 0.25) is 0 Å². The Morgan fingerprint density at radius 1 is 1.42 bits per heavy atom. The van der Waals surface area contributed by atoms with E-state index in [0.29, 0.717) is 0 Å². The largest absolute Gasteiger partial charge is 0.380 e. The number of hydrogen-bond acceptors (Lipinski definition) is 3. The quantitative estimate of drug-likeness (QED) is 0.584. The fraction of sp³-hybridized carbons (Fsp3) is 1.00. The average molecular weight is 172 g/mol. The summed E-state index contributed by atoms with van der Waals surface area (Å²) in [6.45, 7) is 7.26. The maximum Gasteiger partial charge on any atom is 0.0593 e. The van der Waals surface area contributed by atoms with Crippen LogP contribution in [0.1, 0.15) is 13.3 Å². The fourth-order valence-corrected chi connectivity index (χ4v) is 1.22. The van der Waals surface area contributed by atoms with Crippen LogP contribution in [-0.2, 0) is 4.74 Å². The number of likely N-dealkylation sites (N-methyl/N-ethyl adjacent to an activating group) is 1. The highest BCUT2D eigenvalue weighted by atomic mass is 16.5. The number of rotatable bonds is 6. The standard InChI is InChI=1S/C9H20N2O/c1-3-5-12-6-4-11(2)9-7-10-8-9/h9-10H,3-8H2,1-2H3. The Morgan fingerprint density at radius 3 is 2.67 bits per heavy atom. The van der Waals surface area contributed by atoms with Crippen molar-refractivity contribution in [3.8, 4) is 0 Å². The number of nitrogens with one attached hydrogen (secondary N) is 1. The molecule has 0 aromatic carbocycles. The first kappa shape index (κ1) is 9.96. The Balaban J connectivity index is 1.91. The van der Waals surface area contributed by atoms with Crippen LogP contribution in [0.3, 0.4) is 0 Å². The van der Waals surface area contributed by atoms with Crippen LogP contribution in [0.5, 0.6) is 0 Å². The lowest BCUT2D eigenvalue weighted by Gasteiger charge is -2.35. The van der Waals surface area contributed by atoms with Crippen molar-refractivity contribution >= 4 is 0 Å². The van der Waals surface area contributed by atoms with E-state index >= 15 is 0 Å². The molecule has 1 aliphatic rings. The predicted octanol–water partition coefficient (Wildman–Crippen LogP) is 0.317. The van der Waals surface area contributed by atoms with Crippen molar-refractivity contribution in [1.29, 1.82) is 0 Å². The van der Waals surface area contributed by atoms with Crippen molar-refractivity contribution in [2.75, 3.05) is 39.9 Å². The number of ether oxygens (including phenoxy) is 1. The van der Waals surface area contributed by atoms with Gasteiger partial charge in [0.15, 0.2) is 0 Å². The summed E-state index contributed by atoms with van der Waals surface area (Å²) >= 11 is 0. The minimum absolute atomic E-state index is 0.746. The fourth-order valence-electron chi connectivity index (χ4n) is 1.22. The van der Waals surface area contributed by atoms with Crippen LogP contribution in [0.25, 0.3) is 0 Å². The second-order valence-electron chi connectivity index (χ2n) is 3.41. The Bertz CT molecular complexity index is 115. The van der Waals surface area contributed by atoms with Crippen LogP contribution in [-0.4, -0.2) is 50.8 Å². The molecule has 1 heterocycles. The first-order valence-corrected chi connectivity index (χ1v) is 4.83. The van der Waals surface area contributed by atoms with E-state index in [1.165, 1.54) is 0 Å². The third-order valence-electron chi connectivity index (χ3n) is 2.32. The molecule has 0 aliphatic carbocycles. The first-order valence-electron chi connectivity index (χ1n) is 4.83. The second kappa shape index (κ2) is 5.51. The van der Waals surface area contributed by atoms with E-state index in [4.69, 9.17) is 4.74 Å². The van der Waals surface area contributed by atoms with Crippen LogP contribution in [0.4, 0.5) is 0 Å². The van der Waals surface area contributed by atoms with Crippen molar-refractivity contribution < 1.29 is 4.74 Å². The number of nitrogens with zero attached hydrogens (tertiary/aromatic N) is 1. The molecule has 3 heteroatoms. The van der Waals surface area contributed by atoms with Gasteiger partial charge in [0.1, 0.15) is 0 Å². The Kier molecular flexibility index (Phi) is 4.58. The molecule has 1 N–H and O–H groups in total. The van der Waals surface area contributed by atoms with E-state index in [0.717, 1.165) is 45.3 Å². The molecular formula is C9H20N2O. The molecule has 0 unspecified atom stereocenters. The molecule has 12 heavy (non-hydrogen) atoms. The van der Waals surface area contributed by atoms with E-state index < -0.39 is 0 Å². The molecule has 0 amide bonds. The van der Waals surface area contributed by atoms with E-state index in [1.54, 1.807) is 0 Å². The summed E-state index contributed by atoms with van der Waals surface area (Å²) < 4.78 is 5.41. The molecule has 0 aromatic rings. The van der Waals surface area contributed by atoms with Gasteiger partial charge in [-0.05, 0) is 13.5 Å². The van der Waals surface area contributed by atoms with Crippen LogP contribution < -0.4 is 5.32 Å². The molecule has 1 fully saturated rings. The van der Waals surface area contributed by atoms with Crippen LogP contribution >= 0.6 is 0 Å². The lowest BCUT2D eigenvalue weighted by molar-refractivity contribution is 0.0869. The monoisotopic (exact) mass is 172 g/mol. The summed E-state index contributed by atoms with van der Waals surface area (Å²) in [7, 11) is 2.17. The summed E-state index contributed by atoms with van der Waals surface area (Å²) in [5.74, 6) is 0. The zero-order valence-electron chi connectivity index (χ0n) is 8.18. The molecular weight excluding hydrogens is 152 g/mol. The third kappa shape index (κ3) is 3.09. The molecule has 0 spiro atoms. The van der Waals surface area contributed by atoms with Crippen LogP contribution in [0.15, 0.2) is 0 Å². The minimum atomic E-state index is 0.746. The zero-order valence-corrected chi connectivity index (χ0v) is 8.18. The smallest absolute Gasteiger partial charge is 0.0593 e. The lowest BCUT2D eigenvalue weighted by Crippen LogP contribution is -2.56. The average Bonchev–Trinajstić information content (AvgIpc) is 1.95. The molecule has 0 aromatic heterocycles. The van der Waals surface area contributed by atoms with Crippen molar-refractivity contribution in [1.82, 2.24) is 10.2 Å². The lowest BCUT2D eigenvalue weighted by atomic mass is 10.1. The summed E-state index contributed by atoms with van der Waals surface area (Å²) in [5.41, 5.74) is 0. The Labute approximate surface area is 75.1 Å². The number of hydrogen-bond donors (Lipinski definition) is 1. The van der Waals surface area contributed by atoms with Gasteiger partial charge < -0.3 is 10.1 Å². The molecule has 0 atom stereocenters. The molecule has 1 rings (SSSR count). The van der Waals surface area contributed by atoms with Crippen molar-refractivity contribution in [2.24, 2.45) is 0 Å². The van der Waals surface area contributed by atoms with Gasteiger partial charge in [-0.1, -0.05) is 6.92 Å². The van der Waals surface area contributed by atoms with Gasteiger partial charge in [0.05, 0.1) is 6.61 Å². The van der Waals surface area contributed by atoms with Crippen molar-refractivity contribution in [2.45, 2.75) is 19.4 Å².